The minimum Gasteiger partial charge on any atom is -0.490 e. The van der Waals surface area contributed by atoms with Crippen LogP contribution in [0.1, 0.15) is 57.2 Å². The number of hydrogen-bond donors (Lipinski definition) is 1. The summed E-state index contributed by atoms with van der Waals surface area (Å²) in [6.07, 6.45) is -0.594. The van der Waals surface area contributed by atoms with Crippen molar-refractivity contribution in [3.8, 4) is 17.2 Å². The van der Waals surface area contributed by atoms with Crippen LogP contribution in [0.2, 0.25) is 0 Å². The van der Waals surface area contributed by atoms with Crippen molar-refractivity contribution in [3.63, 3.8) is 0 Å². The van der Waals surface area contributed by atoms with Gasteiger partial charge in [-0.1, -0.05) is 32.0 Å². The normalized spacial score (nSPS) is 11.8. The van der Waals surface area contributed by atoms with Crippen LogP contribution in [0.25, 0.3) is 0 Å². The maximum atomic E-state index is 12.6. The van der Waals surface area contributed by atoms with Crippen LogP contribution in [0.4, 0.5) is 0 Å². The van der Waals surface area contributed by atoms with Crippen LogP contribution in [0.3, 0.4) is 0 Å². The van der Waals surface area contributed by atoms with Crippen LogP contribution in [-0.2, 0) is 11.3 Å². The summed E-state index contributed by atoms with van der Waals surface area (Å²) in [5.41, 5.74) is 3.15. The highest BCUT2D eigenvalue weighted by molar-refractivity contribution is 5.80. The maximum Gasteiger partial charge on any atom is 0.261 e. The number of ether oxygens (including phenoxy) is 3. The molecule has 0 fully saturated rings. The largest absolute Gasteiger partial charge is 0.490 e. The molecule has 0 aliphatic rings. The molecule has 1 atom stereocenters. The molecule has 0 aromatic heterocycles. The van der Waals surface area contributed by atoms with E-state index >= 15 is 0 Å². The highest BCUT2D eigenvalue weighted by Gasteiger charge is 2.18. The quantitative estimate of drug-likeness (QED) is 0.611. The molecule has 0 bridgehead atoms. The summed E-state index contributed by atoms with van der Waals surface area (Å²) < 4.78 is 17.2. The van der Waals surface area contributed by atoms with Gasteiger partial charge in [-0.3, -0.25) is 4.79 Å². The number of carbonyl (C=O) groups is 1. The van der Waals surface area contributed by atoms with Crippen molar-refractivity contribution in [1.82, 2.24) is 5.32 Å². The Morgan fingerprint density at radius 1 is 0.931 bits per heavy atom. The molecule has 0 spiro atoms. The van der Waals surface area contributed by atoms with Gasteiger partial charge in [0.2, 0.25) is 0 Å². The molecule has 1 amide bonds. The van der Waals surface area contributed by atoms with Crippen LogP contribution in [-0.4, -0.2) is 25.2 Å². The van der Waals surface area contributed by atoms with Crippen LogP contribution < -0.4 is 19.5 Å². The average Bonchev–Trinajstić information content (AvgIpc) is 2.68. The van der Waals surface area contributed by atoms with Crippen molar-refractivity contribution in [2.24, 2.45) is 0 Å². The molecular weight excluding hydrogens is 366 g/mol. The summed E-state index contributed by atoms with van der Waals surface area (Å²) in [5.74, 6) is 2.32. The topological polar surface area (TPSA) is 56.8 Å². The van der Waals surface area contributed by atoms with Gasteiger partial charge in [0.15, 0.2) is 17.6 Å². The molecule has 2 aromatic rings. The highest BCUT2D eigenvalue weighted by Crippen LogP contribution is 2.29. The van der Waals surface area contributed by atoms with Crippen molar-refractivity contribution in [2.45, 2.75) is 60.1 Å². The van der Waals surface area contributed by atoms with Gasteiger partial charge in [0.25, 0.3) is 5.91 Å². The van der Waals surface area contributed by atoms with Crippen LogP contribution in [0.15, 0.2) is 36.4 Å². The predicted octanol–water partition coefficient (Wildman–Crippen LogP) is 5.00. The Balaban J connectivity index is 2.02. The number of amides is 1. The third-order valence-corrected chi connectivity index (χ3v) is 4.54. The lowest BCUT2D eigenvalue weighted by Gasteiger charge is -2.19. The first-order valence-electron chi connectivity index (χ1n) is 10.3. The number of benzene rings is 2. The third-order valence-electron chi connectivity index (χ3n) is 4.54. The molecule has 1 N–H and O–H groups in total. The molecule has 1 unspecified atom stereocenters. The zero-order chi connectivity index (χ0) is 21.4. The first-order chi connectivity index (χ1) is 13.8. The van der Waals surface area contributed by atoms with E-state index in [0.717, 1.165) is 22.4 Å². The summed E-state index contributed by atoms with van der Waals surface area (Å²) >= 11 is 0. The Kier molecular flexibility index (Phi) is 8.37. The summed E-state index contributed by atoms with van der Waals surface area (Å²) in [6.45, 7) is 13.4. The molecule has 0 heterocycles. The van der Waals surface area contributed by atoms with E-state index in [1.54, 1.807) is 6.92 Å². The van der Waals surface area contributed by atoms with Crippen LogP contribution >= 0.6 is 0 Å². The second kappa shape index (κ2) is 10.7. The van der Waals surface area contributed by atoms with E-state index in [9.17, 15) is 4.79 Å². The minimum absolute atomic E-state index is 0.159. The van der Waals surface area contributed by atoms with Crippen LogP contribution in [0.5, 0.6) is 17.2 Å². The fourth-order valence-corrected chi connectivity index (χ4v) is 3.00. The maximum absolute atomic E-state index is 12.6. The van der Waals surface area contributed by atoms with E-state index in [2.05, 4.69) is 31.3 Å². The second-order valence-corrected chi connectivity index (χ2v) is 7.32. The molecule has 0 radical (unpaired) electrons. The number of rotatable bonds is 10. The molecule has 2 rings (SSSR count). The Labute approximate surface area is 174 Å². The summed E-state index contributed by atoms with van der Waals surface area (Å²) in [4.78, 5) is 12.6. The van der Waals surface area contributed by atoms with Gasteiger partial charge in [0.05, 0.1) is 13.2 Å². The van der Waals surface area contributed by atoms with Crippen molar-refractivity contribution < 1.29 is 19.0 Å². The molecule has 5 heteroatoms. The van der Waals surface area contributed by atoms with Gasteiger partial charge < -0.3 is 19.5 Å². The molecule has 0 aliphatic heterocycles. The van der Waals surface area contributed by atoms with Crippen molar-refractivity contribution in [2.75, 3.05) is 13.2 Å². The van der Waals surface area contributed by atoms with Gasteiger partial charge in [-0.05, 0) is 68.5 Å². The second-order valence-electron chi connectivity index (χ2n) is 7.32. The summed E-state index contributed by atoms with van der Waals surface area (Å²) in [7, 11) is 0. The van der Waals surface area contributed by atoms with Gasteiger partial charge in [0, 0.05) is 6.54 Å². The van der Waals surface area contributed by atoms with E-state index in [4.69, 9.17) is 14.2 Å². The lowest BCUT2D eigenvalue weighted by molar-refractivity contribution is -0.127. The molecular formula is C24H33NO4. The highest BCUT2D eigenvalue weighted by atomic mass is 16.5. The van der Waals surface area contributed by atoms with Gasteiger partial charge >= 0.3 is 0 Å². The summed E-state index contributed by atoms with van der Waals surface area (Å²) in [6, 6.07) is 11.8. The fraction of sp³-hybridized carbons (Fsp3) is 0.458. The molecule has 29 heavy (non-hydrogen) atoms. The SMILES string of the molecule is CCOc1ccc(CNC(=O)C(C)Oc2cc(C)ccc2C(C)C)cc1OCC. The number of carbonyl (C=O) groups excluding carboxylic acids is 1. The molecule has 158 valence electrons. The van der Waals surface area contributed by atoms with Gasteiger partial charge in [-0.2, -0.15) is 0 Å². The van der Waals surface area contributed by atoms with Crippen molar-refractivity contribution >= 4 is 5.91 Å². The molecule has 0 saturated heterocycles. The standard InChI is InChI=1S/C24H33NO4/c1-7-27-21-12-10-19(14-23(21)28-8-2)15-25-24(26)18(6)29-22-13-17(5)9-11-20(22)16(3)4/h9-14,16,18H,7-8,15H2,1-6H3,(H,25,26). The number of nitrogens with one attached hydrogen (secondary N) is 1. The Hall–Kier alpha value is -2.69. The smallest absolute Gasteiger partial charge is 0.261 e. The lowest BCUT2D eigenvalue weighted by Crippen LogP contribution is -2.36. The van der Waals surface area contributed by atoms with Gasteiger partial charge in [0.1, 0.15) is 5.75 Å². The van der Waals surface area contributed by atoms with E-state index in [1.807, 2.05) is 45.0 Å². The molecule has 5 nitrogen and oxygen atoms in total. The molecule has 0 aliphatic carbocycles. The monoisotopic (exact) mass is 399 g/mol. The predicted molar refractivity (Wildman–Crippen MR) is 116 cm³/mol. The first kappa shape index (κ1) is 22.6. The lowest BCUT2D eigenvalue weighted by atomic mass is 10.0. The molecule has 0 saturated carbocycles. The van der Waals surface area contributed by atoms with E-state index in [0.29, 0.717) is 37.2 Å². The Morgan fingerprint density at radius 3 is 2.28 bits per heavy atom. The van der Waals surface area contributed by atoms with E-state index < -0.39 is 6.10 Å². The fourth-order valence-electron chi connectivity index (χ4n) is 3.00. The Bertz CT molecular complexity index is 817. The summed E-state index contributed by atoms with van der Waals surface area (Å²) in [5, 5.41) is 2.94. The van der Waals surface area contributed by atoms with E-state index in [1.165, 1.54) is 0 Å². The van der Waals surface area contributed by atoms with Crippen molar-refractivity contribution in [1.29, 1.82) is 0 Å². The average molecular weight is 400 g/mol. The van der Waals surface area contributed by atoms with E-state index in [-0.39, 0.29) is 5.91 Å². The Morgan fingerprint density at radius 2 is 1.62 bits per heavy atom. The van der Waals surface area contributed by atoms with Gasteiger partial charge in [-0.15, -0.1) is 0 Å². The van der Waals surface area contributed by atoms with Crippen molar-refractivity contribution in [3.05, 3.63) is 53.1 Å². The van der Waals surface area contributed by atoms with Crippen LogP contribution in [0, 0.1) is 6.92 Å². The number of aryl methyl sites for hydroxylation is 1. The first-order valence-corrected chi connectivity index (χ1v) is 10.3. The minimum atomic E-state index is -0.594. The molecule has 2 aromatic carbocycles. The van der Waals surface area contributed by atoms with Gasteiger partial charge in [-0.25, -0.2) is 0 Å². The number of hydrogen-bond acceptors (Lipinski definition) is 4. The zero-order valence-electron chi connectivity index (χ0n) is 18.4. The zero-order valence-corrected chi connectivity index (χ0v) is 18.4. The third kappa shape index (κ3) is 6.41.